The van der Waals surface area contributed by atoms with Gasteiger partial charge in [0.2, 0.25) is 0 Å². The average Bonchev–Trinajstić information content (AvgIpc) is 1.71. The lowest BCUT2D eigenvalue weighted by Crippen LogP contribution is -1.59. The van der Waals surface area contributed by atoms with Gasteiger partial charge in [0.15, 0.2) is 0 Å². The zero-order valence-electron chi connectivity index (χ0n) is 6.53. The highest BCUT2D eigenvalue weighted by Gasteiger charge is 1.68. The molecule has 0 amide bonds. The van der Waals surface area contributed by atoms with Crippen molar-refractivity contribution >= 4 is 0 Å². The molecular formula is C7H18O. The van der Waals surface area contributed by atoms with E-state index in [1.54, 1.807) is 14.2 Å². The highest BCUT2D eigenvalue weighted by atomic mass is 16.4. The van der Waals surface area contributed by atoms with Gasteiger partial charge in [0.1, 0.15) is 0 Å². The molecule has 0 spiro atoms. The minimum Gasteiger partial charge on any atom is -0.388 e. The van der Waals surface area contributed by atoms with Crippen LogP contribution in [0, 0.1) is 0 Å². The van der Waals surface area contributed by atoms with Gasteiger partial charge in [-0.1, -0.05) is 33.1 Å². The SMILES string of the molecule is CCCCC.COC. The molecule has 0 unspecified atom stereocenters. The minimum atomic E-state index is 1.34. The van der Waals surface area contributed by atoms with Crippen molar-refractivity contribution in [3.8, 4) is 0 Å². The van der Waals surface area contributed by atoms with Gasteiger partial charge in [0.25, 0.3) is 0 Å². The van der Waals surface area contributed by atoms with Crippen LogP contribution in [-0.4, -0.2) is 14.2 Å². The molecule has 1 heteroatoms. The Morgan fingerprint density at radius 1 is 1.00 bits per heavy atom. The normalized spacial score (nSPS) is 7.50. The first kappa shape index (κ1) is 10.9. The maximum Gasteiger partial charge on any atom is 0.0351 e. The molecular weight excluding hydrogens is 100 g/mol. The number of hydrogen-bond donors (Lipinski definition) is 0. The van der Waals surface area contributed by atoms with Gasteiger partial charge in [-0.25, -0.2) is 0 Å². The summed E-state index contributed by atoms with van der Waals surface area (Å²) in [5, 5.41) is 0. The fourth-order valence-electron chi connectivity index (χ4n) is 0.354. The van der Waals surface area contributed by atoms with Gasteiger partial charge < -0.3 is 4.74 Å². The fourth-order valence-corrected chi connectivity index (χ4v) is 0.354. The van der Waals surface area contributed by atoms with Crippen LogP contribution in [0.25, 0.3) is 0 Å². The molecule has 0 radical (unpaired) electrons. The monoisotopic (exact) mass is 118 g/mol. The second kappa shape index (κ2) is 15.8. The Morgan fingerprint density at radius 3 is 1.25 bits per heavy atom. The van der Waals surface area contributed by atoms with E-state index < -0.39 is 0 Å². The number of unbranched alkanes of at least 4 members (excludes halogenated alkanes) is 2. The molecule has 0 bridgehead atoms. The second-order valence-electron chi connectivity index (χ2n) is 1.76. The van der Waals surface area contributed by atoms with Crippen LogP contribution in [0.1, 0.15) is 33.1 Å². The molecule has 0 saturated heterocycles. The molecule has 0 atom stereocenters. The van der Waals surface area contributed by atoms with Crippen LogP contribution < -0.4 is 0 Å². The summed E-state index contributed by atoms with van der Waals surface area (Å²) in [6.45, 7) is 4.42. The van der Waals surface area contributed by atoms with Crippen molar-refractivity contribution in [3.05, 3.63) is 0 Å². The summed E-state index contributed by atoms with van der Waals surface area (Å²) in [6, 6.07) is 0. The standard InChI is InChI=1S/C5H12.C2H6O/c1-3-5-4-2;1-3-2/h3-5H2,1-2H3;1-2H3. The minimum absolute atomic E-state index is 1.34. The van der Waals surface area contributed by atoms with E-state index in [1.807, 2.05) is 0 Å². The molecule has 0 aliphatic carbocycles. The first-order valence-corrected chi connectivity index (χ1v) is 3.23. The van der Waals surface area contributed by atoms with Gasteiger partial charge >= 0.3 is 0 Å². The molecule has 0 aromatic heterocycles. The molecule has 0 aromatic rings. The summed E-state index contributed by atoms with van der Waals surface area (Å²) in [7, 11) is 3.25. The summed E-state index contributed by atoms with van der Waals surface area (Å²) >= 11 is 0. The summed E-state index contributed by atoms with van der Waals surface area (Å²) in [6.07, 6.45) is 4.08. The van der Waals surface area contributed by atoms with E-state index in [0.717, 1.165) is 0 Å². The van der Waals surface area contributed by atoms with Crippen molar-refractivity contribution in [2.75, 3.05) is 14.2 Å². The third-order valence-corrected chi connectivity index (χ3v) is 0.707. The van der Waals surface area contributed by atoms with E-state index in [0.29, 0.717) is 0 Å². The number of rotatable bonds is 2. The fraction of sp³-hybridized carbons (Fsp3) is 1.00. The van der Waals surface area contributed by atoms with Crippen molar-refractivity contribution in [2.45, 2.75) is 33.1 Å². The van der Waals surface area contributed by atoms with E-state index in [2.05, 4.69) is 18.6 Å². The molecule has 0 aliphatic heterocycles. The Bertz CT molecular complexity index is 18.3. The van der Waals surface area contributed by atoms with E-state index in [9.17, 15) is 0 Å². The Labute approximate surface area is 53.0 Å². The van der Waals surface area contributed by atoms with Gasteiger partial charge in [0, 0.05) is 14.2 Å². The maximum absolute atomic E-state index is 4.25. The molecule has 0 heterocycles. The van der Waals surface area contributed by atoms with Crippen molar-refractivity contribution in [2.24, 2.45) is 0 Å². The topological polar surface area (TPSA) is 9.23 Å². The molecule has 0 aliphatic rings. The Balaban J connectivity index is 0. The third kappa shape index (κ3) is 38.2. The quantitative estimate of drug-likeness (QED) is 0.541. The Hall–Kier alpha value is -0.0400. The number of methoxy groups -OCH3 is 1. The lowest BCUT2D eigenvalue weighted by Gasteiger charge is -1.79. The molecule has 1 nitrogen and oxygen atoms in total. The van der Waals surface area contributed by atoms with Gasteiger partial charge in [-0.3, -0.25) is 0 Å². The largest absolute Gasteiger partial charge is 0.388 e. The Morgan fingerprint density at radius 2 is 1.25 bits per heavy atom. The van der Waals surface area contributed by atoms with Crippen LogP contribution in [0.15, 0.2) is 0 Å². The molecule has 8 heavy (non-hydrogen) atoms. The zero-order chi connectivity index (χ0) is 6.83. The van der Waals surface area contributed by atoms with Gasteiger partial charge in [-0.2, -0.15) is 0 Å². The predicted octanol–water partition coefficient (Wildman–Crippen LogP) is 2.46. The van der Waals surface area contributed by atoms with Crippen molar-refractivity contribution in [3.63, 3.8) is 0 Å². The molecule has 0 aromatic carbocycles. The van der Waals surface area contributed by atoms with E-state index >= 15 is 0 Å². The van der Waals surface area contributed by atoms with Crippen LogP contribution >= 0.6 is 0 Å². The predicted molar refractivity (Wildman–Crippen MR) is 38.1 cm³/mol. The second-order valence-corrected chi connectivity index (χ2v) is 1.76. The van der Waals surface area contributed by atoms with Crippen LogP contribution in [0.5, 0.6) is 0 Å². The molecule has 0 N–H and O–H groups in total. The first-order chi connectivity index (χ1) is 3.83. The van der Waals surface area contributed by atoms with E-state index in [4.69, 9.17) is 0 Å². The average molecular weight is 118 g/mol. The summed E-state index contributed by atoms with van der Waals surface area (Å²) in [5.74, 6) is 0. The van der Waals surface area contributed by atoms with Crippen LogP contribution in [0.4, 0.5) is 0 Å². The van der Waals surface area contributed by atoms with E-state index in [1.165, 1.54) is 19.3 Å². The molecule has 52 valence electrons. The third-order valence-electron chi connectivity index (χ3n) is 0.707. The van der Waals surface area contributed by atoms with Crippen molar-refractivity contribution < 1.29 is 4.74 Å². The highest BCUT2D eigenvalue weighted by molar-refractivity contribution is 4.24. The molecule has 0 fully saturated rings. The lowest BCUT2D eigenvalue weighted by molar-refractivity contribution is 0.277. The van der Waals surface area contributed by atoms with Gasteiger partial charge in [-0.05, 0) is 0 Å². The zero-order valence-corrected chi connectivity index (χ0v) is 6.53. The first-order valence-electron chi connectivity index (χ1n) is 3.23. The summed E-state index contributed by atoms with van der Waals surface area (Å²) < 4.78 is 4.25. The van der Waals surface area contributed by atoms with Gasteiger partial charge in [0.05, 0.1) is 0 Å². The van der Waals surface area contributed by atoms with Crippen molar-refractivity contribution in [1.82, 2.24) is 0 Å². The highest BCUT2D eigenvalue weighted by Crippen LogP contribution is 1.88. The summed E-state index contributed by atoms with van der Waals surface area (Å²) in [4.78, 5) is 0. The number of hydrogen-bond acceptors (Lipinski definition) is 1. The summed E-state index contributed by atoms with van der Waals surface area (Å²) in [5.41, 5.74) is 0. The number of ether oxygens (including phenoxy) is 1. The van der Waals surface area contributed by atoms with Crippen molar-refractivity contribution in [1.29, 1.82) is 0 Å². The van der Waals surface area contributed by atoms with E-state index in [-0.39, 0.29) is 0 Å². The smallest absolute Gasteiger partial charge is 0.0351 e. The van der Waals surface area contributed by atoms with Crippen LogP contribution in [0.3, 0.4) is 0 Å². The maximum atomic E-state index is 4.25. The van der Waals surface area contributed by atoms with Crippen LogP contribution in [-0.2, 0) is 4.74 Å². The van der Waals surface area contributed by atoms with Gasteiger partial charge in [-0.15, -0.1) is 0 Å². The lowest BCUT2D eigenvalue weighted by atomic mass is 10.3. The molecule has 0 saturated carbocycles. The molecule has 0 rings (SSSR count). The Kier molecular flexibility index (Phi) is 21.4. The van der Waals surface area contributed by atoms with Crippen LogP contribution in [0.2, 0.25) is 0 Å².